The molecule has 2 unspecified atom stereocenters. The number of hydrogen-bond donors (Lipinski definition) is 2. The Bertz CT molecular complexity index is 1350. The van der Waals surface area contributed by atoms with E-state index in [1.807, 2.05) is 67.7 Å². The van der Waals surface area contributed by atoms with Crippen LogP contribution < -0.4 is 10.6 Å². The average Bonchev–Trinajstić information content (AvgIpc) is 3.00. The maximum absolute atomic E-state index is 13.7. The van der Waals surface area contributed by atoms with Gasteiger partial charge in [0.05, 0.1) is 10.6 Å². The third-order valence-electron chi connectivity index (χ3n) is 7.50. The molecule has 8 nitrogen and oxygen atoms in total. The molecular weight excluding hydrogens is 536 g/mol. The van der Waals surface area contributed by atoms with Crippen LogP contribution in [0.4, 0.5) is 4.79 Å². The number of piperazine rings is 1. The Labute approximate surface area is 243 Å². The van der Waals surface area contributed by atoms with Crippen LogP contribution in [0.5, 0.6) is 0 Å². The smallest absolute Gasteiger partial charge is 0.318 e. The van der Waals surface area contributed by atoms with Gasteiger partial charge in [0.15, 0.2) is 9.84 Å². The molecule has 0 aliphatic carbocycles. The molecule has 3 aromatic rings. The van der Waals surface area contributed by atoms with Crippen molar-refractivity contribution < 1.29 is 18.0 Å². The highest BCUT2D eigenvalue weighted by atomic mass is 32.2. The summed E-state index contributed by atoms with van der Waals surface area (Å²) < 4.78 is 26.1. The number of nitrogens with zero attached hydrogens (tertiary/aromatic N) is 2. The van der Waals surface area contributed by atoms with Gasteiger partial charge < -0.3 is 20.4 Å². The van der Waals surface area contributed by atoms with Crippen LogP contribution in [0.1, 0.15) is 24.0 Å². The average molecular weight is 577 g/mol. The van der Waals surface area contributed by atoms with E-state index < -0.39 is 15.9 Å². The molecule has 3 aromatic carbocycles. The number of benzene rings is 3. The monoisotopic (exact) mass is 576 g/mol. The van der Waals surface area contributed by atoms with Gasteiger partial charge in [-0.2, -0.15) is 0 Å². The van der Waals surface area contributed by atoms with Crippen LogP contribution in [0.25, 0.3) is 0 Å². The molecule has 0 radical (unpaired) electrons. The molecule has 0 spiro atoms. The lowest BCUT2D eigenvalue weighted by atomic mass is 10.0. The standard InChI is InChI=1S/C32H40N4O4S/c1-35-20-22-36(23-21-35)32(38)34-30(25-27-13-7-3-8-14-27)31(37)33-28(18-17-26-11-5-2-6-12-26)19-24-41(39,40)29-15-9-4-10-16-29/h2-16,28,30H,17-25H2,1H3,(H,33,37)(H,34,38). The first-order valence-electron chi connectivity index (χ1n) is 14.2. The second kappa shape index (κ2) is 14.8. The summed E-state index contributed by atoms with van der Waals surface area (Å²) in [7, 11) is -1.49. The molecule has 0 bridgehead atoms. The van der Waals surface area contributed by atoms with E-state index >= 15 is 0 Å². The van der Waals surface area contributed by atoms with Gasteiger partial charge >= 0.3 is 6.03 Å². The van der Waals surface area contributed by atoms with Crippen molar-refractivity contribution in [2.24, 2.45) is 0 Å². The van der Waals surface area contributed by atoms with Gasteiger partial charge in [0.2, 0.25) is 5.91 Å². The van der Waals surface area contributed by atoms with Gasteiger partial charge in [0, 0.05) is 38.6 Å². The van der Waals surface area contributed by atoms with E-state index in [1.54, 1.807) is 35.2 Å². The fourth-order valence-electron chi connectivity index (χ4n) is 4.93. The third-order valence-corrected chi connectivity index (χ3v) is 9.26. The van der Waals surface area contributed by atoms with E-state index in [2.05, 4.69) is 15.5 Å². The lowest BCUT2D eigenvalue weighted by Gasteiger charge is -2.33. The van der Waals surface area contributed by atoms with Crippen molar-refractivity contribution in [3.63, 3.8) is 0 Å². The zero-order valence-corrected chi connectivity index (χ0v) is 24.4. The Morgan fingerprint density at radius 2 is 1.32 bits per heavy atom. The largest absolute Gasteiger partial charge is 0.352 e. The first kappa shape index (κ1) is 30.3. The number of sulfone groups is 1. The molecule has 1 aliphatic heterocycles. The molecule has 0 aromatic heterocycles. The molecule has 2 N–H and O–H groups in total. The van der Waals surface area contributed by atoms with Gasteiger partial charge in [0.25, 0.3) is 0 Å². The van der Waals surface area contributed by atoms with Crippen molar-refractivity contribution in [1.82, 2.24) is 20.4 Å². The number of hydrogen-bond acceptors (Lipinski definition) is 5. The number of carbonyl (C=O) groups excluding carboxylic acids is 2. The van der Waals surface area contributed by atoms with Gasteiger partial charge in [0.1, 0.15) is 6.04 Å². The van der Waals surface area contributed by atoms with Gasteiger partial charge in [-0.15, -0.1) is 0 Å². The normalized spacial score (nSPS) is 15.6. The summed E-state index contributed by atoms with van der Waals surface area (Å²) >= 11 is 0. The summed E-state index contributed by atoms with van der Waals surface area (Å²) in [5, 5.41) is 6.07. The number of urea groups is 1. The molecule has 218 valence electrons. The van der Waals surface area contributed by atoms with Crippen LogP contribution in [0.2, 0.25) is 0 Å². The van der Waals surface area contributed by atoms with E-state index in [0.717, 1.165) is 24.2 Å². The summed E-state index contributed by atoms with van der Waals surface area (Å²) in [6.07, 6.45) is 1.86. The summed E-state index contributed by atoms with van der Waals surface area (Å²) in [6, 6.07) is 26.4. The maximum Gasteiger partial charge on any atom is 0.318 e. The van der Waals surface area contributed by atoms with Crippen molar-refractivity contribution >= 4 is 21.8 Å². The second-order valence-electron chi connectivity index (χ2n) is 10.6. The van der Waals surface area contributed by atoms with Gasteiger partial charge in [-0.25, -0.2) is 13.2 Å². The Kier molecular flexibility index (Phi) is 10.9. The zero-order chi connectivity index (χ0) is 29.1. The van der Waals surface area contributed by atoms with Crippen molar-refractivity contribution in [1.29, 1.82) is 0 Å². The minimum Gasteiger partial charge on any atom is -0.352 e. The molecule has 1 aliphatic rings. The molecule has 0 saturated carbocycles. The van der Waals surface area contributed by atoms with Gasteiger partial charge in [-0.1, -0.05) is 78.9 Å². The number of aryl methyl sites for hydroxylation is 1. The first-order chi connectivity index (χ1) is 19.8. The van der Waals surface area contributed by atoms with Gasteiger partial charge in [-0.3, -0.25) is 4.79 Å². The van der Waals surface area contributed by atoms with E-state index in [9.17, 15) is 18.0 Å². The van der Waals surface area contributed by atoms with Crippen molar-refractivity contribution in [2.45, 2.75) is 42.7 Å². The number of amides is 3. The summed E-state index contributed by atoms with van der Waals surface area (Å²) in [6.45, 7) is 2.75. The number of likely N-dealkylation sites (N-methyl/N-ethyl adjacent to an activating group) is 1. The van der Waals surface area contributed by atoms with E-state index in [4.69, 9.17) is 0 Å². The van der Waals surface area contributed by atoms with Crippen LogP contribution in [0, 0.1) is 0 Å². The highest BCUT2D eigenvalue weighted by Gasteiger charge is 2.28. The second-order valence-corrected chi connectivity index (χ2v) is 12.7. The van der Waals surface area contributed by atoms with E-state index in [1.165, 1.54) is 0 Å². The fourth-order valence-corrected chi connectivity index (χ4v) is 6.33. The summed E-state index contributed by atoms with van der Waals surface area (Å²) in [5.41, 5.74) is 2.04. The third kappa shape index (κ3) is 9.43. The van der Waals surface area contributed by atoms with Crippen molar-refractivity contribution in [3.8, 4) is 0 Å². The van der Waals surface area contributed by atoms with Crippen molar-refractivity contribution in [3.05, 3.63) is 102 Å². The molecule has 1 fully saturated rings. The predicted octanol–water partition coefficient (Wildman–Crippen LogP) is 3.54. The fraction of sp³-hybridized carbons (Fsp3) is 0.375. The summed E-state index contributed by atoms with van der Waals surface area (Å²) in [5.74, 6) is -0.403. The molecule has 3 amide bonds. The Balaban J connectivity index is 1.48. The van der Waals surface area contributed by atoms with Crippen LogP contribution in [-0.2, 0) is 27.5 Å². The molecule has 1 saturated heterocycles. The topological polar surface area (TPSA) is 98.8 Å². The number of carbonyl (C=O) groups is 2. The highest BCUT2D eigenvalue weighted by Crippen LogP contribution is 2.15. The van der Waals surface area contributed by atoms with E-state index in [0.29, 0.717) is 32.4 Å². The van der Waals surface area contributed by atoms with E-state index in [-0.39, 0.29) is 35.0 Å². The van der Waals surface area contributed by atoms with Crippen molar-refractivity contribution in [2.75, 3.05) is 39.0 Å². The number of nitrogens with one attached hydrogen (secondary N) is 2. The molecule has 4 rings (SSSR count). The minimum absolute atomic E-state index is 0.0895. The highest BCUT2D eigenvalue weighted by molar-refractivity contribution is 7.91. The molecule has 1 heterocycles. The Hall–Kier alpha value is -3.69. The van der Waals surface area contributed by atoms with Gasteiger partial charge in [-0.05, 0) is 49.6 Å². The Morgan fingerprint density at radius 1 is 0.756 bits per heavy atom. The SMILES string of the molecule is CN1CCN(C(=O)NC(Cc2ccccc2)C(=O)NC(CCc2ccccc2)CCS(=O)(=O)c2ccccc2)CC1. The zero-order valence-electron chi connectivity index (χ0n) is 23.6. The first-order valence-corrected chi connectivity index (χ1v) is 15.9. The van der Waals surface area contributed by atoms with Crippen LogP contribution in [-0.4, -0.2) is 81.2 Å². The predicted molar refractivity (Wildman–Crippen MR) is 161 cm³/mol. The lowest BCUT2D eigenvalue weighted by molar-refractivity contribution is -0.123. The lowest BCUT2D eigenvalue weighted by Crippen LogP contribution is -2.57. The molecule has 9 heteroatoms. The quantitative estimate of drug-likeness (QED) is 0.344. The van der Waals surface area contributed by atoms with Crippen LogP contribution >= 0.6 is 0 Å². The Morgan fingerprint density at radius 3 is 1.93 bits per heavy atom. The molecule has 2 atom stereocenters. The number of rotatable bonds is 12. The minimum atomic E-state index is -3.51. The molecular formula is C32H40N4O4S. The van der Waals surface area contributed by atoms with Crippen LogP contribution in [0.15, 0.2) is 95.9 Å². The maximum atomic E-state index is 13.7. The molecule has 41 heavy (non-hydrogen) atoms. The summed E-state index contributed by atoms with van der Waals surface area (Å²) in [4.78, 5) is 31.1. The van der Waals surface area contributed by atoms with Crippen LogP contribution in [0.3, 0.4) is 0 Å².